The highest BCUT2D eigenvalue weighted by atomic mass is 35.5. The second kappa shape index (κ2) is 11.1. The number of nitrogens with zero attached hydrogens (tertiary/aromatic N) is 3. The molecular weight excluding hydrogens is 496 g/mol. The molecule has 2 aromatic rings. The summed E-state index contributed by atoms with van der Waals surface area (Å²) in [6, 6.07) is 11.2. The summed E-state index contributed by atoms with van der Waals surface area (Å²) in [7, 11) is 0. The van der Waals surface area contributed by atoms with E-state index in [4.69, 9.17) is 11.6 Å². The lowest BCUT2D eigenvalue weighted by Crippen LogP contribution is -2.43. The van der Waals surface area contributed by atoms with Crippen LogP contribution in [0.4, 0.5) is 8.78 Å². The molecule has 2 fully saturated rings. The van der Waals surface area contributed by atoms with Gasteiger partial charge >= 0.3 is 0 Å². The summed E-state index contributed by atoms with van der Waals surface area (Å²) in [5, 5.41) is 0.665. The predicted molar refractivity (Wildman–Crippen MR) is 141 cm³/mol. The van der Waals surface area contributed by atoms with Crippen molar-refractivity contribution in [2.24, 2.45) is 5.92 Å². The third-order valence-corrected chi connectivity index (χ3v) is 8.08. The fourth-order valence-corrected chi connectivity index (χ4v) is 5.80. The molecule has 0 N–H and O–H groups in total. The molecule has 0 bridgehead atoms. The molecule has 0 spiro atoms. The molecule has 200 valence electrons. The maximum Gasteiger partial charge on any atom is 0.227 e. The van der Waals surface area contributed by atoms with E-state index in [0.717, 1.165) is 11.6 Å². The van der Waals surface area contributed by atoms with Crippen LogP contribution < -0.4 is 0 Å². The second-order valence-corrected chi connectivity index (χ2v) is 11.7. The number of likely N-dealkylation sites (tertiary alicyclic amines) is 1. The third-order valence-electron chi connectivity index (χ3n) is 7.83. The molecule has 0 radical (unpaired) electrons. The summed E-state index contributed by atoms with van der Waals surface area (Å²) in [5.74, 6) is -2.10. The van der Waals surface area contributed by atoms with Gasteiger partial charge in [0.2, 0.25) is 11.8 Å². The van der Waals surface area contributed by atoms with Gasteiger partial charge in [0, 0.05) is 68.2 Å². The van der Waals surface area contributed by atoms with Crippen LogP contribution in [-0.4, -0.2) is 70.8 Å². The van der Waals surface area contributed by atoms with Crippen LogP contribution in [-0.2, 0) is 16.0 Å². The fourth-order valence-electron chi connectivity index (χ4n) is 5.68. The fraction of sp³-hybridized carbons (Fsp3) is 0.517. The third kappa shape index (κ3) is 6.32. The zero-order valence-corrected chi connectivity index (χ0v) is 22.8. The SMILES string of the molecule is CC(=O)N1CCN(C(=O)[C@@H]2CN(C(C)(C)C)C[C@H]2c2ccc(F)cc2F)CCC1Cc1ccc(Cl)cc1. The van der Waals surface area contributed by atoms with Gasteiger partial charge in [-0.2, -0.15) is 0 Å². The van der Waals surface area contributed by atoms with E-state index >= 15 is 0 Å². The molecule has 3 atom stereocenters. The van der Waals surface area contributed by atoms with Crippen molar-refractivity contribution in [3.05, 3.63) is 70.2 Å². The Kier molecular flexibility index (Phi) is 8.24. The van der Waals surface area contributed by atoms with Crippen LogP contribution >= 0.6 is 11.6 Å². The van der Waals surface area contributed by atoms with Gasteiger partial charge in [-0.05, 0) is 62.9 Å². The second-order valence-electron chi connectivity index (χ2n) is 11.3. The van der Waals surface area contributed by atoms with E-state index in [1.165, 1.54) is 12.1 Å². The van der Waals surface area contributed by atoms with Crippen molar-refractivity contribution in [3.63, 3.8) is 0 Å². The molecule has 2 aliphatic heterocycles. The Morgan fingerprint density at radius 3 is 2.32 bits per heavy atom. The van der Waals surface area contributed by atoms with Crippen LogP contribution in [0.5, 0.6) is 0 Å². The number of carbonyl (C=O) groups excluding carboxylic acids is 2. The van der Waals surface area contributed by atoms with Gasteiger partial charge in [0.1, 0.15) is 11.6 Å². The van der Waals surface area contributed by atoms with Gasteiger partial charge in [0.15, 0.2) is 0 Å². The van der Waals surface area contributed by atoms with Crippen LogP contribution in [0.25, 0.3) is 0 Å². The molecule has 2 saturated heterocycles. The minimum atomic E-state index is -0.627. The topological polar surface area (TPSA) is 43.9 Å². The van der Waals surface area contributed by atoms with Gasteiger partial charge in [-0.1, -0.05) is 29.8 Å². The molecule has 5 nitrogen and oxygen atoms in total. The molecular formula is C29H36ClF2N3O2. The number of hydrogen-bond donors (Lipinski definition) is 0. The van der Waals surface area contributed by atoms with Crippen LogP contribution in [0.15, 0.2) is 42.5 Å². The normalized spacial score (nSPS) is 23.3. The lowest BCUT2D eigenvalue weighted by Gasteiger charge is -2.32. The Morgan fingerprint density at radius 1 is 1.00 bits per heavy atom. The Morgan fingerprint density at radius 2 is 1.70 bits per heavy atom. The highest BCUT2D eigenvalue weighted by Gasteiger charge is 2.44. The highest BCUT2D eigenvalue weighted by Crippen LogP contribution is 2.38. The molecule has 8 heteroatoms. The van der Waals surface area contributed by atoms with Crippen LogP contribution in [0.1, 0.15) is 51.2 Å². The number of amides is 2. The largest absolute Gasteiger partial charge is 0.341 e. The average molecular weight is 532 g/mol. The monoisotopic (exact) mass is 531 g/mol. The summed E-state index contributed by atoms with van der Waals surface area (Å²) in [5.41, 5.74) is 1.27. The first-order valence-electron chi connectivity index (χ1n) is 12.9. The maximum absolute atomic E-state index is 14.9. The number of benzene rings is 2. The lowest BCUT2D eigenvalue weighted by atomic mass is 9.87. The predicted octanol–water partition coefficient (Wildman–Crippen LogP) is 5.12. The molecule has 2 aliphatic rings. The Bertz CT molecular complexity index is 1130. The first-order chi connectivity index (χ1) is 17.4. The van der Waals surface area contributed by atoms with Crippen molar-refractivity contribution in [1.82, 2.24) is 14.7 Å². The number of hydrogen-bond acceptors (Lipinski definition) is 3. The number of carbonyl (C=O) groups is 2. The maximum atomic E-state index is 14.9. The zero-order valence-electron chi connectivity index (χ0n) is 22.0. The molecule has 37 heavy (non-hydrogen) atoms. The Hall–Kier alpha value is -2.51. The molecule has 2 heterocycles. The average Bonchev–Trinajstić information content (AvgIpc) is 3.16. The van der Waals surface area contributed by atoms with E-state index in [0.29, 0.717) is 56.2 Å². The van der Waals surface area contributed by atoms with Gasteiger partial charge < -0.3 is 9.80 Å². The van der Waals surface area contributed by atoms with Crippen molar-refractivity contribution in [3.8, 4) is 0 Å². The van der Waals surface area contributed by atoms with Gasteiger partial charge in [-0.25, -0.2) is 8.78 Å². The number of halogens is 3. The van der Waals surface area contributed by atoms with Gasteiger partial charge in [0.05, 0.1) is 5.92 Å². The smallest absolute Gasteiger partial charge is 0.227 e. The van der Waals surface area contributed by atoms with Crippen LogP contribution in [0, 0.1) is 17.6 Å². The molecule has 1 unspecified atom stereocenters. The molecule has 0 saturated carbocycles. The minimum Gasteiger partial charge on any atom is -0.341 e. The summed E-state index contributed by atoms with van der Waals surface area (Å²) >= 11 is 6.03. The Labute approximate surface area is 223 Å². The quantitative estimate of drug-likeness (QED) is 0.550. The van der Waals surface area contributed by atoms with E-state index in [-0.39, 0.29) is 29.3 Å². The van der Waals surface area contributed by atoms with Crippen molar-refractivity contribution in [1.29, 1.82) is 0 Å². The van der Waals surface area contributed by atoms with E-state index in [9.17, 15) is 18.4 Å². The van der Waals surface area contributed by atoms with Crippen molar-refractivity contribution < 1.29 is 18.4 Å². The minimum absolute atomic E-state index is 0.0145. The number of rotatable bonds is 4. The van der Waals surface area contributed by atoms with Crippen molar-refractivity contribution in [2.45, 2.75) is 58.0 Å². The van der Waals surface area contributed by atoms with E-state index in [1.54, 1.807) is 6.92 Å². The van der Waals surface area contributed by atoms with E-state index in [2.05, 4.69) is 25.7 Å². The van der Waals surface area contributed by atoms with Crippen molar-refractivity contribution in [2.75, 3.05) is 32.7 Å². The molecule has 0 aliphatic carbocycles. The molecule has 2 amide bonds. The van der Waals surface area contributed by atoms with E-state index < -0.39 is 17.6 Å². The van der Waals surface area contributed by atoms with E-state index in [1.807, 2.05) is 34.1 Å². The van der Waals surface area contributed by atoms with Crippen LogP contribution in [0.3, 0.4) is 0 Å². The first-order valence-corrected chi connectivity index (χ1v) is 13.3. The van der Waals surface area contributed by atoms with Gasteiger partial charge in [0.25, 0.3) is 0 Å². The van der Waals surface area contributed by atoms with Crippen LogP contribution in [0.2, 0.25) is 5.02 Å². The Balaban J connectivity index is 1.55. The summed E-state index contributed by atoms with van der Waals surface area (Å²) in [6.45, 7) is 10.2. The zero-order chi connectivity index (χ0) is 26.9. The molecule has 4 rings (SSSR count). The highest BCUT2D eigenvalue weighted by molar-refractivity contribution is 6.30. The van der Waals surface area contributed by atoms with Gasteiger partial charge in [-0.15, -0.1) is 0 Å². The standard InChI is InChI=1S/C29H36ClF2N3O2/c1-19(36)35-14-13-33(12-11-23(35)15-20-5-7-21(30)8-6-20)28(37)26-18-34(29(2,3)4)17-25(26)24-10-9-22(31)16-27(24)32/h5-10,16,23,25-26H,11-15,17-18H2,1-4H3/t23?,25-,26+/m0/s1. The van der Waals surface area contributed by atoms with Crippen molar-refractivity contribution >= 4 is 23.4 Å². The molecule has 0 aromatic heterocycles. The summed E-state index contributed by atoms with van der Waals surface area (Å²) in [6.07, 6.45) is 1.34. The summed E-state index contributed by atoms with van der Waals surface area (Å²) in [4.78, 5) is 32.4. The first kappa shape index (κ1) is 27.5. The lowest BCUT2D eigenvalue weighted by molar-refractivity contribution is -0.136. The molecule has 2 aromatic carbocycles. The van der Waals surface area contributed by atoms with Gasteiger partial charge in [-0.3, -0.25) is 14.5 Å². The summed E-state index contributed by atoms with van der Waals surface area (Å²) < 4.78 is 28.5.